The van der Waals surface area contributed by atoms with Gasteiger partial charge in [-0.15, -0.1) is 0 Å². The lowest BCUT2D eigenvalue weighted by Crippen LogP contribution is -2.51. The number of ether oxygens (including phenoxy) is 3. The second-order valence-electron chi connectivity index (χ2n) is 14.2. The molecule has 0 aliphatic carbocycles. The molecule has 0 radical (unpaired) electrons. The van der Waals surface area contributed by atoms with Crippen molar-refractivity contribution in [3.8, 4) is 11.5 Å². The monoisotopic (exact) mass is 703 g/mol. The third-order valence-corrected chi connectivity index (χ3v) is 15.4. The summed E-state index contributed by atoms with van der Waals surface area (Å²) in [5.41, 5.74) is 3.79. The lowest BCUT2D eigenvalue weighted by Gasteiger charge is -2.37. The molecule has 2 amide bonds. The third-order valence-electron chi connectivity index (χ3n) is 11.0. The number of nitrogens with zero attached hydrogens (tertiary/aromatic N) is 1. The summed E-state index contributed by atoms with van der Waals surface area (Å²) in [5.74, 6) is 0.993. The van der Waals surface area contributed by atoms with Gasteiger partial charge in [-0.05, 0) is 71.6 Å². The van der Waals surface area contributed by atoms with Crippen LogP contribution in [0.3, 0.4) is 0 Å². The highest BCUT2D eigenvalue weighted by molar-refractivity contribution is 6.91. The first kappa shape index (κ1) is 34.5. The Morgan fingerprint density at radius 2 is 1.73 bits per heavy atom. The minimum absolute atomic E-state index is 0.0247. The second-order valence-corrected chi connectivity index (χ2v) is 18.9. The van der Waals surface area contributed by atoms with Crippen LogP contribution in [0.5, 0.6) is 11.5 Å². The zero-order valence-corrected chi connectivity index (χ0v) is 30.7. The number of aliphatic hydroxyl groups is 1. The lowest BCUT2D eigenvalue weighted by atomic mass is 9.82. The number of methoxy groups -OCH3 is 2. The Labute approximate surface area is 299 Å². The second kappa shape index (κ2) is 13.7. The Balaban J connectivity index is 1.19. The molecule has 10 heteroatoms. The molecule has 0 bridgehead atoms. The van der Waals surface area contributed by atoms with E-state index in [9.17, 15) is 9.90 Å². The molecule has 0 saturated carbocycles. The highest BCUT2D eigenvalue weighted by Gasteiger charge is 2.66. The van der Waals surface area contributed by atoms with Crippen molar-refractivity contribution in [1.29, 1.82) is 0 Å². The number of aromatic amines is 1. The summed E-state index contributed by atoms with van der Waals surface area (Å²) in [7, 11) is 0.976. The van der Waals surface area contributed by atoms with Crippen LogP contribution in [0.25, 0.3) is 10.9 Å². The van der Waals surface area contributed by atoms with Crippen LogP contribution in [0.15, 0.2) is 97.2 Å². The maximum Gasteiger partial charge on any atom is 0.264 e. The summed E-state index contributed by atoms with van der Waals surface area (Å²) < 4.78 is 18.1. The molecule has 7 rings (SSSR count). The molecule has 4 aromatic carbocycles. The molecule has 51 heavy (non-hydrogen) atoms. The quantitative estimate of drug-likeness (QED) is 0.135. The van der Waals surface area contributed by atoms with Gasteiger partial charge in [0.2, 0.25) is 5.91 Å². The van der Waals surface area contributed by atoms with Crippen molar-refractivity contribution in [3.05, 3.63) is 114 Å². The Morgan fingerprint density at radius 3 is 2.47 bits per heavy atom. The van der Waals surface area contributed by atoms with Crippen LogP contribution >= 0.6 is 0 Å². The number of nitrogens with one attached hydrogen (secondary N) is 2. The molecule has 4 atom stereocenters. The van der Waals surface area contributed by atoms with Crippen LogP contribution in [0, 0.1) is 5.92 Å². The van der Waals surface area contributed by atoms with Crippen LogP contribution in [0.4, 0.5) is 11.4 Å². The van der Waals surface area contributed by atoms with Gasteiger partial charge < -0.3 is 34.5 Å². The fourth-order valence-electron chi connectivity index (χ4n) is 8.56. The van der Waals surface area contributed by atoms with Gasteiger partial charge in [0.15, 0.2) is 5.60 Å². The van der Waals surface area contributed by atoms with E-state index in [4.69, 9.17) is 14.2 Å². The van der Waals surface area contributed by atoms with E-state index in [1.54, 1.807) is 19.1 Å². The molecule has 2 aliphatic rings. The predicted octanol–water partition coefficient (Wildman–Crippen LogP) is 6.51. The molecule has 1 saturated heterocycles. The van der Waals surface area contributed by atoms with E-state index in [0.29, 0.717) is 17.9 Å². The lowest BCUT2D eigenvalue weighted by molar-refractivity contribution is -0.146. The fourth-order valence-corrected chi connectivity index (χ4v) is 12.6. The number of anilines is 2. The third kappa shape index (κ3) is 6.01. The Morgan fingerprint density at radius 1 is 0.980 bits per heavy atom. The first-order valence-corrected chi connectivity index (χ1v) is 20.6. The average molecular weight is 704 g/mol. The van der Waals surface area contributed by atoms with E-state index in [1.165, 1.54) is 5.19 Å². The summed E-state index contributed by atoms with van der Waals surface area (Å²) in [5, 5.41) is 15.6. The molecule has 3 heterocycles. The number of carbonyl (C=O) groups is 2. The van der Waals surface area contributed by atoms with E-state index >= 15 is 4.79 Å². The van der Waals surface area contributed by atoms with E-state index in [-0.39, 0.29) is 48.9 Å². The smallest absolute Gasteiger partial charge is 0.264 e. The minimum Gasteiger partial charge on any atom is -0.497 e. The topological polar surface area (TPSA) is 113 Å². The minimum atomic E-state index is -2.31. The maximum absolute atomic E-state index is 15.0. The summed E-state index contributed by atoms with van der Waals surface area (Å²) in [6.45, 7) is 7.03. The number of amides is 2. The largest absolute Gasteiger partial charge is 0.497 e. The molecule has 5 aromatic rings. The Bertz CT molecular complexity index is 2080. The molecule has 1 aromatic heterocycles. The van der Waals surface area contributed by atoms with Gasteiger partial charge in [-0.25, -0.2) is 0 Å². The summed E-state index contributed by atoms with van der Waals surface area (Å²) >= 11 is 0. The van der Waals surface area contributed by atoms with Gasteiger partial charge in [-0.3, -0.25) is 9.59 Å². The zero-order chi connectivity index (χ0) is 35.9. The van der Waals surface area contributed by atoms with Crippen molar-refractivity contribution in [2.24, 2.45) is 5.92 Å². The van der Waals surface area contributed by atoms with Gasteiger partial charge in [-0.1, -0.05) is 67.7 Å². The highest BCUT2D eigenvalue weighted by Crippen LogP contribution is 2.60. The number of rotatable bonds is 11. The highest BCUT2D eigenvalue weighted by atomic mass is 28.3. The fraction of sp³-hybridized carbons (Fsp3) is 0.317. The maximum atomic E-state index is 15.0. The van der Waals surface area contributed by atoms with Crippen molar-refractivity contribution >= 4 is 47.4 Å². The Hall–Kier alpha value is -4.90. The van der Waals surface area contributed by atoms with Crippen LogP contribution in [-0.2, 0) is 32.9 Å². The number of H-pyrrole nitrogens is 1. The van der Waals surface area contributed by atoms with Gasteiger partial charge in [0.05, 0.1) is 47.1 Å². The van der Waals surface area contributed by atoms with E-state index in [1.807, 2.05) is 85.1 Å². The van der Waals surface area contributed by atoms with Crippen molar-refractivity contribution in [3.63, 3.8) is 0 Å². The van der Waals surface area contributed by atoms with E-state index in [2.05, 4.69) is 42.5 Å². The van der Waals surface area contributed by atoms with Gasteiger partial charge in [-0.2, -0.15) is 0 Å². The van der Waals surface area contributed by atoms with Crippen molar-refractivity contribution < 1.29 is 28.9 Å². The summed E-state index contributed by atoms with van der Waals surface area (Å²) in [4.78, 5) is 33.2. The number of benzene rings is 4. The number of carbonyl (C=O) groups excluding carboxylic acids is 2. The average Bonchev–Trinajstić information content (AvgIpc) is 3.75. The molecule has 9 nitrogen and oxygen atoms in total. The SMILES string of the molecule is COc1ccc([Si](C)(C)[C@@H]2[C@@H](CCO)O[C@]3(C(=O)N(Cc4cccc(NC(=O)Cc5c[nH]c6ccccc56)c4)c4ccc(OC)cc43)[C@H]2C)cc1. The molecular formula is C41H45N3O6Si. The number of hydrogen-bond acceptors (Lipinski definition) is 6. The predicted molar refractivity (Wildman–Crippen MR) is 203 cm³/mol. The molecule has 2 aliphatic heterocycles. The number of aliphatic hydroxyl groups excluding tert-OH is 1. The first-order valence-electron chi connectivity index (χ1n) is 17.5. The molecule has 1 fully saturated rings. The number of hydrogen-bond donors (Lipinski definition) is 3. The van der Waals surface area contributed by atoms with Gasteiger partial charge in [0, 0.05) is 40.9 Å². The number of para-hydroxylation sites is 1. The van der Waals surface area contributed by atoms with Crippen LogP contribution in [-0.4, -0.2) is 56.9 Å². The molecule has 3 N–H and O–H groups in total. The standard InChI is InChI=1S/C41H45N3O6Si/c1-26-39(51(4,5)32-16-13-30(48-2)14-17-32)37(19-20-45)50-41(26)34-23-31(49-3)15-18-36(34)44(40(41)47)25-27-9-8-10-29(21-27)43-38(46)22-28-24-42-35-12-7-6-11-33(28)35/h6-18,21,23-24,26,37,39,42,45H,19-20,22,25H2,1-5H3,(H,43,46)/t26-,37+,39-,41+/m0/s1. The normalized spacial score (nSPS) is 21.3. The van der Waals surface area contributed by atoms with E-state index < -0.39 is 13.7 Å². The van der Waals surface area contributed by atoms with Gasteiger partial charge in [0.25, 0.3) is 5.91 Å². The molecule has 0 unspecified atom stereocenters. The van der Waals surface area contributed by atoms with Crippen LogP contribution < -0.4 is 24.9 Å². The summed E-state index contributed by atoms with van der Waals surface area (Å²) in [6.07, 6.45) is 2.21. The Kier molecular flexibility index (Phi) is 9.26. The van der Waals surface area contributed by atoms with Crippen LogP contribution in [0.2, 0.25) is 18.6 Å². The summed E-state index contributed by atoms with van der Waals surface area (Å²) in [6, 6.07) is 29.6. The molecule has 264 valence electrons. The van der Waals surface area contributed by atoms with E-state index in [0.717, 1.165) is 39.0 Å². The van der Waals surface area contributed by atoms with Gasteiger partial charge in [0.1, 0.15) is 11.5 Å². The van der Waals surface area contributed by atoms with Gasteiger partial charge >= 0.3 is 0 Å². The van der Waals surface area contributed by atoms with Crippen molar-refractivity contribution in [2.45, 2.75) is 56.7 Å². The number of aromatic nitrogens is 1. The number of fused-ring (bicyclic) bond motifs is 3. The van der Waals surface area contributed by atoms with Crippen molar-refractivity contribution in [2.75, 3.05) is 31.0 Å². The molecular weight excluding hydrogens is 659 g/mol. The first-order chi connectivity index (χ1) is 24.6. The zero-order valence-electron chi connectivity index (χ0n) is 29.7. The molecule has 1 spiro atoms. The van der Waals surface area contributed by atoms with Crippen molar-refractivity contribution in [1.82, 2.24) is 4.98 Å². The van der Waals surface area contributed by atoms with Crippen LogP contribution in [0.1, 0.15) is 30.0 Å².